The van der Waals surface area contributed by atoms with Crippen LogP contribution in [0.1, 0.15) is 12.0 Å². The Morgan fingerprint density at radius 3 is 2.96 bits per heavy atom. The first-order valence-corrected chi connectivity index (χ1v) is 8.14. The second-order valence-corrected chi connectivity index (χ2v) is 5.87. The topological polar surface area (TPSA) is 73.8 Å². The van der Waals surface area contributed by atoms with Crippen molar-refractivity contribution >= 4 is 5.91 Å². The van der Waals surface area contributed by atoms with Gasteiger partial charge in [-0.3, -0.25) is 9.78 Å². The number of nitrogens with zero attached hydrogens (tertiary/aromatic N) is 3. The molecule has 1 fully saturated rings. The third kappa shape index (κ3) is 4.59. The molecule has 2 heterocycles. The summed E-state index contributed by atoms with van der Waals surface area (Å²) in [7, 11) is 1.53. The molecule has 1 aliphatic rings. The van der Waals surface area contributed by atoms with E-state index >= 15 is 0 Å². The van der Waals surface area contributed by atoms with Crippen LogP contribution >= 0.6 is 0 Å². The molecule has 7 heteroatoms. The minimum absolute atomic E-state index is 0.0230. The van der Waals surface area contributed by atoms with Gasteiger partial charge in [0.15, 0.2) is 6.61 Å². The number of amides is 1. The van der Waals surface area contributed by atoms with Crippen LogP contribution in [0.15, 0.2) is 36.7 Å². The summed E-state index contributed by atoms with van der Waals surface area (Å²) in [6, 6.07) is 7.64. The summed E-state index contributed by atoms with van der Waals surface area (Å²) in [5.41, 5.74) is 1.10. The van der Waals surface area contributed by atoms with E-state index < -0.39 is 0 Å². The van der Waals surface area contributed by atoms with E-state index in [0.29, 0.717) is 30.6 Å². The lowest BCUT2D eigenvalue weighted by atomic mass is 10.2. The maximum absolute atomic E-state index is 12.3. The van der Waals surface area contributed by atoms with E-state index in [4.69, 9.17) is 14.2 Å². The lowest BCUT2D eigenvalue weighted by molar-refractivity contribution is -0.132. The molecule has 0 spiro atoms. The summed E-state index contributed by atoms with van der Waals surface area (Å²) < 4.78 is 16.4. The zero-order valence-corrected chi connectivity index (χ0v) is 14.3. The van der Waals surface area contributed by atoms with Crippen molar-refractivity contribution in [2.75, 3.05) is 26.8 Å². The maximum atomic E-state index is 12.3. The normalized spacial score (nSPS) is 16.6. The van der Waals surface area contributed by atoms with Gasteiger partial charge in [0, 0.05) is 13.0 Å². The molecule has 1 amide bonds. The van der Waals surface area contributed by atoms with E-state index in [9.17, 15) is 4.79 Å². The molecule has 25 heavy (non-hydrogen) atoms. The zero-order chi connectivity index (χ0) is 17.6. The average Bonchev–Trinajstić information content (AvgIpc) is 3.08. The van der Waals surface area contributed by atoms with Crippen LogP contribution in [0.5, 0.6) is 17.5 Å². The van der Waals surface area contributed by atoms with E-state index in [1.54, 1.807) is 4.90 Å². The van der Waals surface area contributed by atoms with Gasteiger partial charge in [-0.2, -0.15) is 4.98 Å². The highest BCUT2D eigenvalue weighted by molar-refractivity contribution is 5.78. The number of methoxy groups -OCH3 is 1. The number of ether oxygens (including phenoxy) is 3. The molecule has 0 unspecified atom stereocenters. The molecule has 7 nitrogen and oxygen atoms in total. The SMILES string of the molecule is COc1cncc(O[C@@H]2CCN(C(=O)COc3cccc(C)c3)C2)n1. The Hall–Kier alpha value is -2.83. The third-order valence-electron chi connectivity index (χ3n) is 3.94. The molecule has 1 aliphatic heterocycles. The number of carbonyl (C=O) groups is 1. The molecule has 0 N–H and O–H groups in total. The highest BCUT2D eigenvalue weighted by Crippen LogP contribution is 2.18. The van der Waals surface area contributed by atoms with Gasteiger partial charge < -0.3 is 19.1 Å². The second-order valence-electron chi connectivity index (χ2n) is 5.87. The smallest absolute Gasteiger partial charge is 0.260 e. The number of rotatable bonds is 6. The molecule has 0 saturated carbocycles. The van der Waals surface area contributed by atoms with Crippen molar-refractivity contribution in [3.8, 4) is 17.5 Å². The summed E-state index contributed by atoms with van der Waals surface area (Å²) >= 11 is 0. The van der Waals surface area contributed by atoms with Crippen LogP contribution in [0.4, 0.5) is 0 Å². The van der Waals surface area contributed by atoms with E-state index in [-0.39, 0.29) is 18.6 Å². The monoisotopic (exact) mass is 343 g/mol. The molecular weight excluding hydrogens is 322 g/mol. The molecule has 132 valence electrons. The van der Waals surface area contributed by atoms with Crippen molar-refractivity contribution < 1.29 is 19.0 Å². The van der Waals surface area contributed by atoms with Crippen molar-refractivity contribution in [3.05, 3.63) is 42.2 Å². The van der Waals surface area contributed by atoms with Crippen LogP contribution in [0, 0.1) is 6.92 Å². The number of hydrogen-bond acceptors (Lipinski definition) is 6. The minimum atomic E-state index is -0.107. The number of aromatic nitrogens is 2. The Labute approximate surface area is 146 Å². The number of aryl methyl sites for hydroxylation is 1. The lowest BCUT2D eigenvalue weighted by Crippen LogP contribution is -2.34. The van der Waals surface area contributed by atoms with Gasteiger partial charge in [-0.1, -0.05) is 12.1 Å². The first kappa shape index (κ1) is 17.0. The summed E-state index contributed by atoms with van der Waals surface area (Å²) in [4.78, 5) is 22.2. The van der Waals surface area contributed by atoms with Crippen molar-refractivity contribution in [1.29, 1.82) is 0 Å². The Bertz CT molecular complexity index is 738. The predicted octanol–water partition coefficient (Wildman–Crippen LogP) is 1.85. The first-order chi connectivity index (χ1) is 12.1. The number of likely N-dealkylation sites (tertiary alicyclic amines) is 1. The maximum Gasteiger partial charge on any atom is 0.260 e. The molecule has 3 rings (SSSR count). The van der Waals surface area contributed by atoms with Gasteiger partial charge in [0.05, 0.1) is 26.0 Å². The Morgan fingerprint density at radius 1 is 1.32 bits per heavy atom. The summed E-state index contributed by atoms with van der Waals surface area (Å²) in [5.74, 6) is 1.45. The van der Waals surface area contributed by atoms with Gasteiger partial charge in [0.1, 0.15) is 11.9 Å². The van der Waals surface area contributed by atoms with Crippen LogP contribution in [-0.2, 0) is 4.79 Å². The Morgan fingerprint density at radius 2 is 2.16 bits per heavy atom. The first-order valence-electron chi connectivity index (χ1n) is 8.14. The molecular formula is C18H21N3O4. The number of carbonyl (C=O) groups excluding carboxylic acids is 1. The quantitative estimate of drug-likeness (QED) is 0.797. The summed E-state index contributed by atoms with van der Waals surface area (Å²) in [6.45, 7) is 3.15. The molecule has 1 aromatic carbocycles. The van der Waals surface area contributed by atoms with Crippen molar-refractivity contribution in [2.24, 2.45) is 0 Å². The van der Waals surface area contributed by atoms with Gasteiger partial charge in [-0.15, -0.1) is 0 Å². The molecule has 1 aromatic heterocycles. The van der Waals surface area contributed by atoms with Gasteiger partial charge >= 0.3 is 0 Å². The summed E-state index contributed by atoms with van der Waals surface area (Å²) in [5, 5.41) is 0. The summed E-state index contributed by atoms with van der Waals surface area (Å²) in [6.07, 6.45) is 3.69. The van der Waals surface area contributed by atoms with E-state index in [1.165, 1.54) is 19.5 Å². The van der Waals surface area contributed by atoms with Crippen LogP contribution in [-0.4, -0.2) is 53.7 Å². The average molecular weight is 343 g/mol. The fourth-order valence-electron chi connectivity index (χ4n) is 2.65. The number of benzene rings is 1. The second kappa shape index (κ2) is 7.83. The molecule has 0 bridgehead atoms. The number of hydrogen-bond donors (Lipinski definition) is 0. The largest absolute Gasteiger partial charge is 0.484 e. The van der Waals surface area contributed by atoms with Gasteiger partial charge in [-0.05, 0) is 24.6 Å². The van der Waals surface area contributed by atoms with Gasteiger partial charge in [-0.25, -0.2) is 0 Å². The fraction of sp³-hybridized carbons (Fsp3) is 0.389. The standard InChI is InChI=1S/C18H21N3O4/c1-13-4-3-5-14(8-13)24-12-18(22)21-7-6-15(11-21)25-17-10-19-9-16(20-17)23-2/h3-5,8-10,15H,6-7,11-12H2,1-2H3/t15-/m1/s1. The van der Waals surface area contributed by atoms with Gasteiger partial charge in [0.2, 0.25) is 11.8 Å². The van der Waals surface area contributed by atoms with Crippen molar-refractivity contribution in [3.63, 3.8) is 0 Å². The lowest BCUT2D eigenvalue weighted by Gasteiger charge is -2.17. The van der Waals surface area contributed by atoms with Crippen LogP contribution in [0.2, 0.25) is 0 Å². The predicted molar refractivity (Wildman–Crippen MR) is 90.9 cm³/mol. The highest BCUT2D eigenvalue weighted by atomic mass is 16.5. The molecule has 1 atom stereocenters. The molecule has 0 radical (unpaired) electrons. The Kier molecular flexibility index (Phi) is 5.33. The molecule has 1 saturated heterocycles. The molecule has 0 aliphatic carbocycles. The third-order valence-corrected chi connectivity index (χ3v) is 3.94. The zero-order valence-electron chi connectivity index (χ0n) is 14.3. The van der Waals surface area contributed by atoms with Crippen LogP contribution in [0.25, 0.3) is 0 Å². The van der Waals surface area contributed by atoms with Gasteiger partial charge in [0.25, 0.3) is 5.91 Å². The van der Waals surface area contributed by atoms with E-state index in [1.807, 2.05) is 31.2 Å². The highest BCUT2D eigenvalue weighted by Gasteiger charge is 2.28. The van der Waals surface area contributed by atoms with Crippen molar-refractivity contribution in [2.45, 2.75) is 19.4 Å². The van der Waals surface area contributed by atoms with E-state index in [2.05, 4.69) is 9.97 Å². The fourth-order valence-corrected chi connectivity index (χ4v) is 2.65. The van der Waals surface area contributed by atoms with Crippen LogP contribution in [0.3, 0.4) is 0 Å². The minimum Gasteiger partial charge on any atom is -0.484 e. The van der Waals surface area contributed by atoms with Crippen LogP contribution < -0.4 is 14.2 Å². The van der Waals surface area contributed by atoms with E-state index in [0.717, 1.165) is 12.0 Å². The Balaban J connectivity index is 1.49. The molecule has 2 aromatic rings. The van der Waals surface area contributed by atoms with Crippen molar-refractivity contribution in [1.82, 2.24) is 14.9 Å².